The number of hydrogen-bond acceptors (Lipinski definition) is 3. The van der Waals surface area contributed by atoms with E-state index in [9.17, 15) is 14.7 Å². The highest BCUT2D eigenvalue weighted by molar-refractivity contribution is 6.31. The minimum atomic E-state index is -0.935. The fraction of sp³-hybridized carbons (Fsp3) is 0.412. The van der Waals surface area contributed by atoms with Crippen LogP contribution in [0.5, 0.6) is 0 Å². The Morgan fingerprint density at radius 3 is 2.75 bits per heavy atom. The third-order valence-corrected chi connectivity index (χ3v) is 4.81. The Labute approximate surface area is 144 Å². The van der Waals surface area contributed by atoms with Gasteiger partial charge < -0.3 is 19.7 Å². The fourth-order valence-corrected chi connectivity index (χ4v) is 3.17. The van der Waals surface area contributed by atoms with Crippen LogP contribution in [0.4, 0.5) is 0 Å². The molecule has 0 aliphatic carbocycles. The summed E-state index contributed by atoms with van der Waals surface area (Å²) in [6.07, 6.45) is 2.64. The summed E-state index contributed by atoms with van der Waals surface area (Å²) >= 11 is 6.01. The van der Waals surface area contributed by atoms with Gasteiger partial charge in [-0.3, -0.25) is 9.59 Å². The molecular formula is C17H19ClN2O4. The molecule has 128 valence electrons. The Kier molecular flexibility index (Phi) is 4.78. The molecule has 2 aromatic rings. The molecule has 1 aromatic heterocycles. The maximum absolute atomic E-state index is 12.3. The van der Waals surface area contributed by atoms with Crippen molar-refractivity contribution in [3.05, 3.63) is 35.5 Å². The van der Waals surface area contributed by atoms with E-state index in [2.05, 4.69) is 5.32 Å². The van der Waals surface area contributed by atoms with Crippen molar-refractivity contribution in [2.75, 3.05) is 19.8 Å². The van der Waals surface area contributed by atoms with Gasteiger partial charge >= 0.3 is 5.97 Å². The summed E-state index contributed by atoms with van der Waals surface area (Å²) in [5.74, 6) is -1.11. The van der Waals surface area contributed by atoms with E-state index < -0.39 is 11.4 Å². The van der Waals surface area contributed by atoms with Gasteiger partial charge in [-0.2, -0.15) is 0 Å². The Bertz CT molecular complexity index is 765. The van der Waals surface area contributed by atoms with Crippen LogP contribution in [-0.4, -0.2) is 41.3 Å². The van der Waals surface area contributed by atoms with Gasteiger partial charge in [-0.1, -0.05) is 17.7 Å². The normalized spacial score (nSPS) is 16.9. The molecule has 2 N–H and O–H groups in total. The topological polar surface area (TPSA) is 80.6 Å². The number of carbonyl (C=O) groups excluding carboxylic acids is 1. The van der Waals surface area contributed by atoms with Crippen LogP contribution in [0, 0.1) is 5.41 Å². The number of hydrogen-bond donors (Lipinski definition) is 2. The first-order chi connectivity index (χ1) is 11.5. The molecule has 0 saturated carbocycles. The lowest BCUT2D eigenvalue weighted by Gasteiger charge is -2.33. The number of aromatic nitrogens is 1. The number of nitrogens with one attached hydrogen (secondary N) is 1. The van der Waals surface area contributed by atoms with E-state index >= 15 is 0 Å². The first-order valence-corrected chi connectivity index (χ1v) is 8.20. The van der Waals surface area contributed by atoms with Crippen molar-refractivity contribution >= 4 is 34.4 Å². The second kappa shape index (κ2) is 6.83. The zero-order valence-electron chi connectivity index (χ0n) is 13.1. The molecule has 24 heavy (non-hydrogen) atoms. The largest absolute Gasteiger partial charge is 0.481 e. The average molecular weight is 351 g/mol. The van der Waals surface area contributed by atoms with E-state index in [0.29, 0.717) is 31.1 Å². The van der Waals surface area contributed by atoms with Crippen LogP contribution in [0.3, 0.4) is 0 Å². The van der Waals surface area contributed by atoms with Crippen molar-refractivity contribution in [2.45, 2.75) is 19.4 Å². The highest BCUT2D eigenvalue weighted by Crippen LogP contribution is 2.30. The van der Waals surface area contributed by atoms with Gasteiger partial charge in [0.1, 0.15) is 6.54 Å². The highest BCUT2D eigenvalue weighted by Gasteiger charge is 2.40. The number of amides is 1. The van der Waals surface area contributed by atoms with Crippen molar-refractivity contribution in [3.8, 4) is 0 Å². The summed E-state index contributed by atoms with van der Waals surface area (Å²) in [5, 5.41) is 13.9. The second-order valence-electron chi connectivity index (χ2n) is 6.12. The predicted molar refractivity (Wildman–Crippen MR) is 90.1 cm³/mol. The molecule has 7 heteroatoms. The van der Waals surface area contributed by atoms with Crippen LogP contribution in [0.15, 0.2) is 30.5 Å². The zero-order chi connectivity index (χ0) is 17.2. The number of benzene rings is 1. The van der Waals surface area contributed by atoms with E-state index in [1.165, 1.54) is 0 Å². The lowest BCUT2D eigenvalue weighted by Crippen LogP contribution is -2.47. The molecule has 1 saturated heterocycles. The van der Waals surface area contributed by atoms with Gasteiger partial charge in [0.2, 0.25) is 5.91 Å². The van der Waals surface area contributed by atoms with Gasteiger partial charge in [0.25, 0.3) is 0 Å². The number of rotatable bonds is 5. The Hall–Kier alpha value is -2.05. The maximum atomic E-state index is 12.3. The highest BCUT2D eigenvalue weighted by atomic mass is 35.5. The third-order valence-electron chi connectivity index (χ3n) is 4.58. The van der Waals surface area contributed by atoms with Crippen LogP contribution in [0.25, 0.3) is 10.9 Å². The minimum absolute atomic E-state index is 0.116. The number of aliphatic carboxylic acids is 1. The summed E-state index contributed by atoms with van der Waals surface area (Å²) in [5.41, 5.74) is -0.0626. The van der Waals surface area contributed by atoms with Gasteiger partial charge in [0.15, 0.2) is 0 Å². The maximum Gasteiger partial charge on any atom is 0.311 e. The van der Waals surface area contributed by atoms with Crippen LogP contribution in [0.2, 0.25) is 5.02 Å². The monoisotopic (exact) mass is 350 g/mol. The summed E-state index contributed by atoms with van der Waals surface area (Å²) in [7, 11) is 0. The van der Waals surface area contributed by atoms with Crippen molar-refractivity contribution < 1.29 is 19.4 Å². The van der Waals surface area contributed by atoms with Crippen LogP contribution >= 0.6 is 11.6 Å². The number of carboxylic acids is 1. The lowest BCUT2D eigenvalue weighted by atomic mass is 9.80. The van der Waals surface area contributed by atoms with Gasteiger partial charge in [0.05, 0.1) is 5.41 Å². The Balaban J connectivity index is 1.66. The number of halogens is 1. The molecule has 6 nitrogen and oxygen atoms in total. The second-order valence-corrected chi connectivity index (χ2v) is 6.56. The molecule has 1 fully saturated rings. The van der Waals surface area contributed by atoms with Gasteiger partial charge in [0, 0.05) is 36.5 Å². The molecular weight excluding hydrogens is 332 g/mol. The standard InChI is InChI=1S/C17H19ClN2O4/c18-13-2-1-12-3-6-20(14(12)9-13)10-15(21)19-11-17(16(22)23)4-7-24-8-5-17/h1-3,6,9H,4-5,7-8,10-11H2,(H,19,21)(H,22,23). The summed E-state index contributed by atoms with van der Waals surface area (Å²) in [4.78, 5) is 23.8. The van der Waals surface area contributed by atoms with Crippen molar-refractivity contribution in [1.29, 1.82) is 0 Å². The van der Waals surface area contributed by atoms with Crippen LogP contribution < -0.4 is 5.32 Å². The summed E-state index contributed by atoms with van der Waals surface area (Å²) < 4.78 is 7.03. The zero-order valence-corrected chi connectivity index (χ0v) is 13.9. The van der Waals surface area contributed by atoms with E-state index in [0.717, 1.165) is 10.9 Å². The molecule has 1 aliphatic heterocycles. The van der Waals surface area contributed by atoms with E-state index in [1.54, 1.807) is 16.7 Å². The first kappa shape index (κ1) is 16.8. The Morgan fingerprint density at radius 1 is 1.29 bits per heavy atom. The number of carboxylic acid groups (broad SMARTS) is 1. The van der Waals surface area contributed by atoms with Crippen molar-refractivity contribution in [3.63, 3.8) is 0 Å². The van der Waals surface area contributed by atoms with Gasteiger partial charge in [-0.05, 0) is 36.4 Å². The van der Waals surface area contributed by atoms with E-state index in [4.69, 9.17) is 16.3 Å². The first-order valence-electron chi connectivity index (χ1n) is 7.82. The molecule has 3 rings (SSSR count). The molecule has 0 radical (unpaired) electrons. The van der Waals surface area contributed by atoms with Crippen LogP contribution in [-0.2, 0) is 20.9 Å². The van der Waals surface area contributed by atoms with Crippen LogP contribution in [0.1, 0.15) is 12.8 Å². The molecule has 1 aromatic carbocycles. The van der Waals surface area contributed by atoms with E-state index in [1.807, 2.05) is 18.3 Å². The Morgan fingerprint density at radius 2 is 2.04 bits per heavy atom. The predicted octanol–water partition coefficient (Wildman–Crippen LogP) is 2.29. The SMILES string of the molecule is O=C(Cn1ccc2ccc(Cl)cc21)NCC1(C(=O)O)CCOCC1. The number of nitrogens with zero attached hydrogens (tertiary/aromatic N) is 1. The molecule has 1 amide bonds. The van der Waals surface area contributed by atoms with Crippen molar-refractivity contribution in [2.24, 2.45) is 5.41 Å². The average Bonchev–Trinajstić information content (AvgIpc) is 2.96. The number of carbonyl (C=O) groups is 2. The van der Waals surface area contributed by atoms with E-state index in [-0.39, 0.29) is 19.0 Å². The summed E-state index contributed by atoms with van der Waals surface area (Å²) in [6.45, 7) is 1.05. The van der Waals surface area contributed by atoms with Gasteiger partial charge in [-0.15, -0.1) is 0 Å². The number of fused-ring (bicyclic) bond motifs is 1. The molecule has 0 spiro atoms. The molecule has 0 unspecified atom stereocenters. The van der Waals surface area contributed by atoms with Gasteiger partial charge in [-0.25, -0.2) is 0 Å². The molecule has 1 aliphatic rings. The van der Waals surface area contributed by atoms with Crippen molar-refractivity contribution in [1.82, 2.24) is 9.88 Å². The molecule has 0 atom stereocenters. The third kappa shape index (κ3) is 3.39. The molecule has 0 bridgehead atoms. The number of ether oxygens (including phenoxy) is 1. The molecule has 2 heterocycles. The minimum Gasteiger partial charge on any atom is -0.481 e. The lowest BCUT2D eigenvalue weighted by molar-refractivity contribution is -0.154. The summed E-state index contributed by atoms with van der Waals surface area (Å²) in [6, 6.07) is 7.42. The quantitative estimate of drug-likeness (QED) is 0.867. The smallest absolute Gasteiger partial charge is 0.311 e. The fourth-order valence-electron chi connectivity index (χ4n) is 3.00.